The van der Waals surface area contributed by atoms with Gasteiger partial charge in [-0.2, -0.15) is 0 Å². The fourth-order valence-corrected chi connectivity index (χ4v) is 1.97. The summed E-state index contributed by atoms with van der Waals surface area (Å²) < 4.78 is 18.0. The highest BCUT2D eigenvalue weighted by Gasteiger charge is 2.11. The highest BCUT2D eigenvalue weighted by atomic mass is 79.9. The Morgan fingerprint density at radius 1 is 1.62 bits per heavy atom. The summed E-state index contributed by atoms with van der Waals surface area (Å²) in [6.07, 6.45) is 0. The van der Waals surface area contributed by atoms with E-state index in [0.29, 0.717) is 4.47 Å². The molecule has 1 unspecified atom stereocenters. The van der Waals surface area contributed by atoms with Gasteiger partial charge in [-0.3, -0.25) is 4.79 Å². The third kappa shape index (κ3) is 3.57. The Morgan fingerprint density at radius 2 is 2.31 bits per heavy atom. The second-order valence-electron chi connectivity index (χ2n) is 3.34. The normalized spacial score (nSPS) is 12.2. The molecule has 1 aromatic carbocycles. The number of esters is 1. The second kappa shape index (κ2) is 5.96. The molecule has 88 valence electrons. The predicted molar refractivity (Wildman–Crippen MR) is 62.5 cm³/mol. The molecule has 0 aliphatic heterocycles. The molecule has 0 aliphatic carbocycles. The van der Waals surface area contributed by atoms with Crippen molar-refractivity contribution in [2.75, 3.05) is 13.7 Å². The van der Waals surface area contributed by atoms with Crippen molar-refractivity contribution >= 4 is 21.9 Å². The van der Waals surface area contributed by atoms with Gasteiger partial charge in [0.25, 0.3) is 0 Å². The number of hydrogen-bond donors (Lipinski definition) is 1. The van der Waals surface area contributed by atoms with Crippen LogP contribution < -0.4 is 5.32 Å². The van der Waals surface area contributed by atoms with E-state index in [9.17, 15) is 9.18 Å². The maximum absolute atomic E-state index is 12.9. The standard InChI is InChI=1S/C11H13BrFNO2/c1-7(14-6-11(15)16-2)9-4-3-8(13)5-10(9)12/h3-5,7,14H,6H2,1-2H3. The largest absolute Gasteiger partial charge is 0.468 e. The molecule has 1 aromatic rings. The zero-order valence-corrected chi connectivity index (χ0v) is 10.7. The van der Waals surface area contributed by atoms with Gasteiger partial charge in [0.1, 0.15) is 5.82 Å². The van der Waals surface area contributed by atoms with E-state index in [2.05, 4.69) is 26.0 Å². The summed E-state index contributed by atoms with van der Waals surface area (Å²) in [7, 11) is 1.34. The van der Waals surface area contributed by atoms with Crippen LogP contribution in [-0.2, 0) is 9.53 Å². The van der Waals surface area contributed by atoms with Crippen molar-refractivity contribution in [1.82, 2.24) is 5.32 Å². The van der Waals surface area contributed by atoms with Crippen LogP contribution in [0.3, 0.4) is 0 Å². The molecule has 0 saturated carbocycles. The lowest BCUT2D eigenvalue weighted by atomic mass is 10.1. The average Bonchev–Trinajstić information content (AvgIpc) is 2.25. The minimum atomic E-state index is -0.329. The summed E-state index contributed by atoms with van der Waals surface area (Å²) >= 11 is 3.28. The van der Waals surface area contributed by atoms with Crippen molar-refractivity contribution in [2.24, 2.45) is 0 Å². The quantitative estimate of drug-likeness (QED) is 0.865. The fourth-order valence-electron chi connectivity index (χ4n) is 1.27. The molecule has 0 saturated heterocycles. The summed E-state index contributed by atoms with van der Waals surface area (Å²) in [4.78, 5) is 10.9. The summed E-state index contributed by atoms with van der Waals surface area (Å²) in [6, 6.07) is 4.39. The second-order valence-corrected chi connectivity index (χ2v) is 4.20. The van der Waals surface area contributed by atoms with Gasteiger partial charge in [0.05, 0.1) is 13.7 Å². The van der Waals surface area contributed by atoms with E-state index in [4.69, 9.17) is 0 Å². The molecule has 1 N–H and O–H groups in total. The van der Waals surface area contributed by atoms with Crippen molar-refractivity contribution < 1.29 is 13.9 Å². The van der Waals surface area contributed by atoms with Crippen LogP contribution in [0.25, 0.3) is 0 Å². The molecule has 0 fully saturated rings. The first-order valence-corrected chi connectivity index (χ1v) is 5.59. The number of benzene rings is 1. The van der Waals surface area contributed by atoms with Gasteiger partial charge in [-0.15, -0.1) is 0 Å². The molecular formula is C11H13BrFNO2. The number of halogens is 2. The van der Waals surface area contributed by atoms with E-state index in [0.717, 1.165) is 5.56 Å². The first-order chi connectivity index (χ1) is 7.54. The Morgan fingerprint density at radius 3 is 2.88 bits per heavy atom. The molecule has 1 atom stereocenters. The SMILES string of the molecule is COC(=O)CNC(C)c1ccc(F)cc1Br. The molecule has 1 rings (SSSR count). The van der Waals surface area contributed by atoms with E-state index in [1.54, 1.807) is 6.07 Å². The van der Waals surface area contributed by atoms with Gasteiger partial charge in [-0.25, -0.2) is 4.39 Å². The maximum Gasteiger partial charge on any atom is 0.319 e. The first-order valence-electron chi connectivity index (χ1n) is 4.79. The number of nitrogens with one attached hydrogen (secondary N) is 1. The van der Waals surface area contributed by atoms with Gasteiger partial charge in [0.15, 0.2) is 0 Å². The number of hydrogen-bond acceptors (Lipinski definition) is 3. The first kappa shape index (κ1) is 13.1. The number of carbonyl (C=O) groups excluding carboxylic acids is 1. The van der Waals surface area contributed by atoms with Crippen LogP contribution in [0.4, 0.5) is 4.39 Å². The lowest BCUT2D eigenvalue weighted by Gasteiger charge is -2.14. The van der Waals surface area contributed by atoms with E-state index < -0.39 is 0 Å². The predicted octanol–water partition coefficient (Wildman–Crippen LogP) is 2.41. The molecule has 0 bridgehead atoms. The third-order valence-electron chi connectivity index (χ3n) is 2.21. The smallest absolute Gasteiger partial charge is 0.319 e. The molecule has 0 radical (unpaired) electrons. The summed E-state index contributed by atoms with van der Waals surface area (Å²) in [6.45, 7) is 2.02. The monoisotopic (exact) mass is 289 g/mol. The zero-order chi connectivity index (χ0) is 12.1. The van der Waals surface area contributed by atoms with Crippen LogP contribution in [0.1, 0.15) is 18.5 Å². The minimum Gasteiger partial charge on any atom is -0.468 e. The van der Waals surface area contributed by atoms with E-state index in [1.807, 2.05) is 6.92 Å². The number of methoxy groups -OCH3 is 1. The molecule has 0 spiro atoms. The maximum atomic E-state index is 12.9. The Hall–Kier alpha value is -0.940. The van der Waals surface area contributed by atoms with E-state index >= 15 is 0 Å². The highest BCUT2D eigenvalue weighted by molar-refractivity contribution is 9.10. The molecule has 5 heteroatoms. The summed E-state index contributed by atoms with van der Waals surface area (Å²) in [5, 5.41) is 2.98. The van der Waals surface area contributed by atoms with Gasteiger partial charge in [-0.1, -0.05) is 22.0 Å². The lowest BCUT2D eigenvalue weighted by molar-refractivity contribution is -0.139. The summed E-state index contributed by atoms with van der Waals surface area (Å²) in [5.74, 6) is -0.624. The fraction of sp³-hybridized carbons (Fsp3) is 0.364. The molecule has 3 nitrogen and oxygen atoms in total. The van der Waals surface area contributed by atoms with Crippen LogP contribution in [0.15, 0.2) is 22.7 Å². The van der Waals surface area contributed by atoms with Gasteiger partial charge >= 0.3 is 5.97 Å². The third-order valence-corrected chi connectivity index (χ3v) is 2.90. The molecule has 16 heavy (non-hydrogen) atoms. The Labute approximate surface area is 102 Å². The highest BCUT2D eigenvalue weighted by Crippen LogP contribution is 2.23. The average molecular weight is 290 g/mol. The van der Waals surface area contributed by atoms with Crippen molar-refractivity contribution in [1.29, 1.82) is 0 Å². The number of ether oxygens (including phenoxy) is 1. The summed E-state index contributed by atoms with van der Waals surface area (Å²) in [5.41, 5.74) is 0.894. The number of rotatable bonds is 4. The van der Waals surface area contributed by atoms with Gasteiger partial charge in [0, 0.05) is 10.5 Å². The molecule has 0 amide bonds. The van der Waals surface area contributed by atoms with Crippen molar-refractivity contribution in [3.05, 3.63) is 34.1 Å². The van der Waals surface area contributed by atoms with Crippen molar-refractivity contribution in [2.45, 2.75) is 13.0 Å². The Bertz CT molecular complexity index is 384. The van der Waals surface area contributed by atoms with Crippen molar-refractivity contribution in [3.63, 3.8) is 0 Å². The van der Waals surface area contributed by atoms with Gasteiger partial charge in [-0.05, 0) is 24.6 Å². The lowest BCUT2D eigenvalue weighted by Crippen LogP contribution is -2.26. The van der Waals surface area contributed by atoms with Gasteiger partial charge in [0.2, 0.25) is 0 Å². The Balaban J connectivity index is 2.65. The molecule has 0 heterocycles. The van der Waals surface area contributed by atoms with Crippen LogP contribution in [0.5, 0.6) is 0 Å². The van der Waals surface area contributed by atoms with E-state index in [1.165, 1.54) is 19.2 Å². The topological polar surface area (TPSA) is 38.3 Å². The number of carbonyl (C=O) groups is 1. The molecule has 0 aliphatic rings. The van der Waals surface area contributed by atoms with Gasteiger partial charge < -0.3 is 10.1 Å². The van der Waals surface area contributed by atoms with Crippen molar-refractivity contribution in [3.8, 4) is 0 Å². The van der Waals surface area contributed by atoms with E-state index in [-0.39, 0.29) is 24.4 Å². The molecule has 0 aromatic heterocycles. The van der Waals surface area contributed by atoms with Crippen LogP contribution >= 0.6 is 15.9 Å². The Kier molecular flexibility index (Phi) is 4.89. The van der Waals surface area contributed by atoms with Crippen LogP contribution in [0.2, 0.25) is 0 Å². The zero-order valence-electron chi connectivity index (χ0n) is 9.09. The molecular weight excluding hydrogens is 277 g/mol. The van der Waals surface area contributed by atoms with Crippen LogP contribution in [0, 0.1) is 5.82 Å². The van der Waals surface area contributed by atoms with Crippen LogP contribution in [-0.4, -0.2) is 19.6 Å². The minimum absolute atomic E-state index is 0.0610.